The van der Waals surface area contributed by atoms with Gasteiger partial charge in [0, 0.05) is 0 Å². The molecule has 0 heterocycles. The Labute approximate surface area is 236 Å². The van der Waals surface area contributed by atoms with E-state index in [4.69, 9.17) is 4.74 Å². The van der Waals surface area contributed by atoms with Gasteiger partial charge in [-0.15, -0.1) is 5.75 Å². The molecule has 2 rings (SSSR count). The standard InChI is InChI=1S/C25H36O5S.K/c1-2-3-4-5-6-7-8-9-10-11-12-13-21-14-17-23(18-15-21)30-24-19-16-22(26)20-25(24)31(27,28)29;/h14-20,26H,2-13H2,1H3,(H,27,28,29);/q;+1/p-1. The third kappa shape index (κ3) is 11.6. The summed E-state index contributed by atoms with van der Waals surface area (Å²) in [4.78, 5) is -0.523. The SMILES string of the molecule is CCCCCCCCCCCCCc1ccc(Oc2ccc([O-])cc2S(=O)(=O)O)cc1.[K+]. The molecule has 0 atom stereocenters. The molecule has 0 aliphatic heterocycles. The summed E-state index contributed by atoms with van der Waals surface area (Å²) in [5.41, 5.74) is 1.20. The maximum atomic E-state index is 11.5. The van der Waals surface area contributed by atoms with Crippen LogP contribution in [-0.2, 0) is 16.5 Å². The molecule has 172 valence electrons. The Morgan fingerprint density at radius 2 is 1.34 bits per heavy atom. The minimum Gasteiger partial charge on any atom is -0.872 e. The topological polar surface area (TPSA) is 86.7 Å². The normalized spacial score (nSPS) is 11.2. The van der Waals surface area contributed by atoms with E-state index in [0.717, 1.165) is 18.9 Å². The van der Waals surface area contributed by atoms with Gasteiger partial charge in [-0.05, 0) is 42.7 Å². The maximum Gasteiger partial charge on any atom is 1.00 e. The number of hydrogen-bond acceptors (Lipinski definition) is 4. The fraction of sp³-hybridized carbons (Fsp3) is 0.520. The molecule has 5 nitrogen and oxygen atoms in total. The van der Waals surface area contributed by atoms with Crippen molar-refractivity contribution in [2.45, 2.75) is 88.9 Å². The van der Waals surface area contributed by atoms with Crippen LogP contribution in [0.25, 0.3) is 0 Å². The molecular formula is C25H35KO5S. The van der Waals surface area contributed by atoms with Crippen molar-refractivity contribution in [3.8, 4) is 17.2 Å². The fourth-order valence-corrected chi connectivity index (χ4v) is 4.25. The van der Waals surface area contributed by atoms with Crippen LogP contribution in [0.15, 0.2) is 47.4 Å². The predicted molar refractivity (Wildman–Crippen MR) is 122 cm³/mol. The van der Waals surface area contributed by atoms with E-state index < -0.39 is 20.8 Å². The van der Waals surface area contributed by atoms with E-state index >= 15 is 0 Å². The first kappa shape index (κ1) is 29.6. The molecule has 0 saturated carbocycles. The minimum atomic E-state index is -4.54. The van der Waals surface area contributed by atoms with Crippen LogP contribution in [0.5, 0.6) is 17.2 Å². The smallest absolute Gasteiger partial charge is 0.872 e. The van der Waals surface area contributed by atoms with Gasteiger partial charge in [-0.25, -0.2) is 0 Å². The second-order valence-electron chi connectivity index (χ2n) is 8.12. The van der Waals surface area contributed by atoms with Crippen molar-refractivity contribution in [1.29, 1.82) is 0 Å². The molecule has 0 amide bonds. The van der Waals surface area contributed by atoms with Crippen LogP contribution < -0.4 is 61.2 Å². The second-order valence-corrected chi connectivity index (χ2v) is 9.51. The predicted octanol–water partition coefficient (Wildman–Crippen LogP) is 3.66. The van der Waals surface area contributed by atoms with Gasteiger partial charge in [-0.1, -0.05) is 89.3 Å². The average molecular weight is 487 g/mol. The molecule has 0 saturated heterocycles. The molecule has 0 bridgehead atoms. The molecule has 2 aromatic carbocycles. The van der Waals surface area contributed by atoms with Crippen LogP contribution >= 0.6 is 0 Å². The van der Waals surface area contributed by atoms with Gasteiger partial charge in [0.15, 0.2) is 0 Å². The first-order valence-electron chi connectivity index (χ1n) is 11.5. The zero-order valence-corrected chi connectivity index (χ0v) is 23.5. The molecule has 0 aliphatic carbocycles. The molecule has 0 aromatic heterocycles. The van der Waals surface area contributed by atoms with Crippen LogP contribution in [0.4, 0.5) is 0 Å². The molecular weight excluding hydrogens is 451 g/mol. The van der Waals surface area contributed by atoms with Gasteiger partial charge in [0.1, 0.15) is 16.4 Å². The monoisotopic (exact) mass is 486 g/mol. The van der Waals surface area contributed by atoms with Crippen LogP contribution in [0.3, 0.4) is 0 Å². The van der Waals surface area contributed by atoms with E-state index in [1.165, 1.54) is 81.9 Å². The van der Waals surface area contributed by atoms with E-state index in [9.17, 15) is 18.1 Å². The zero-order chi connectivity index (χ0) is 22.5. The molecule has 1 N–H and O–H groups in total. The summed E-state index contributed by atoms with van der Waals surface area (Å²) in [6.07, 6.45) is 15.5. The Bertz CT molecular complexity index is 882. The zero-order valence-electron chi connectivity index (χ0n) is 19.5. The molecule has 2 aromatic rings. The molecule has 0 unspecified atom stereocenters. The van der Waals surface area contributed by atoms with E-state index in [0.29, 0.717) is 5.75 Å². The number of ether oxygens (including phenoxy) is 1. The Hall–Kier alpha value is -0.414. The van der Waals surface area contributed by atoms with Crippen molar-refractivity contribution in [1.82, 2.24) is 0 Å². The molecule has 32 heavy (non-hydrogen) atoms. The average Bonchev–Trinajstić information content (AvgIpc) is 2.73. The van der Waals surface area contributed by atoms with Crippen molar-refractivity contribution in [3.63, 3.8) is 0 Å². The number of hydrogen-bond donors (Lipinski definition) is 1. The Balaban J connectivity index is 0.00000512. The third-order valence-electron chi connectivity index (χ3n) is 5.41. The van der Waals surface area contributed by atoms with Gasteiger partial charge >= 0.3 is 51.4 Å². The van der Waals surface area contributed by atoms with Gasteiger partial charge < -0.3 is 9.84 Å². The van der Waals surface area contributed by atoms with Gasteiger partial charge in [0.05, 0.1) is 0 Å². The van der Waals surface area contributed by atoms with Gasteiger partial charge in [-0.2, -0.15) is 8.42 Å². The summed E-state index contributed by atoms with van der Waals surface area (Å²) in [6, 6.07) is 10.8. The number of aryl methyl sites for hydroxylation is 1. The van der Waals surface area contributed by atoms with Crippen LogP contribution in [0, 0.1) is 0 Å². The summed E-state index contributed by atoms with van der Waals surface area (Å²) in [5.74, 6) is -0.131. The maximum absolute atomic E-state index is 11.5. The van der Waals surface area contributed by atoms with Crippen molar-refractivity contribution in [2.24, 2.45) is 0 Å². The first-order valence-corrected chi connectivity index (χ1v) is 12.9. The molecule has 7 heteroatoms. The minimum absolute atomic E-state index is 0. The second kappa shape index (κ2) is 16.3. The summed E-state index contributed by atoms with van der Waals surface area (Å²) in [5, 5.41) is 11.4. The molecule has 0 aliphatic rings. The van der Waals surface area contributed by atoms with Crippen molar-refractivity contribution in [2.75, 3.05) is 0 Å². The molecule has 0 radical (unpaired) electrons. The van der Waals surface area contributed by atoms with Gasteiger partial charge in [0.25, 0.3) is 10.1 Å². The van der Waals surface area contributed by atoms with Gasteiger partial charge in [0.2, 0.25) is 0 Å². The van der Waals surface area contributed by atoms with E-state index in [1.54, 1.807) is 12.1 Å². The van der Waals surface area contributed by atoms with Crippen molar-refractivity contribution in [3.05, 3.63) is 48.0 Å². The summed E-state index contributed by atoms with van der Waals surface area (Å²) in [6.45, 7) is 2.25. The van der Waals surface area contributed by atoms with Crippen LogP contribution in [-0.4, -0.2) is 13.0 Å². The number of benzene rings is 2. The summed E-state index contributed by atoms with van der Waals surface area (Å²) >= 11 is 0. The Morgan fingerprint density at radius 1 is 0.812 bits per heavy atom. The van der Waals surface area contributed by atoms with E-state index in [-0.39, 0.29) is 57.1 Å². The Morgan fingerprint density at radius 3 is 1.88 bits per heavy atom. The van der Waals surface area contributed by atoms with Crippen molar-refractivity contribution < 1.29 is 74.2 Å². The summed E-state index contributed by atoms with van der Waals surface area (Å²) in [7, 11) is -4.54. The first-order chi connectivity index (χ1) is 14.9. The van der Waals surface area contributed by atoms with Gasteiger partial charge in [-0.3, -0.25) is 4.55 Å². The quantitative estimate of drug-likeness (QED) is 0.236. The Kier molecular flexibility index (Phi) is 15.0. The number of unbranched alkanes of at least 4 members (excludes halogenated alkanes) is 10. The fourth-order valence-electron chi connectivity index (χ4n) is 3.62. The summed E-state index contributed by atoms with van der Waals surface area (Å²) < 4.78 is 37.8. The largest absolute Gasteiger partial charge is 1.00 e. The van der Waals surface area contributed by atoms with Crippen molar-refractivity contribution >= 4 is 10.1 Å². The molecule has 0 spiro atoms. The third-order valence-corrected chi connectivity index (χ3v) is 6.29. The molecule has 0 fully saturated rings. The number of rotatable bonds is 15. The van der Waals surface area contributed by atoms with E-state index in [2.05, 4.69) is 6.92 Å². The van der Waals surface area contributed by atoms with Crippen LogP contribution in [0.1, 0.15) is 83.1 Å². The van der Waals surface area contributed by atoms with E-state index in [1.807, 2.05) is 12.1 Å². The van der Waals surface area contributed by atoms with Crippen LogP contribution in [0.2, 0.25) is 0 Å².